The third kappa shape index (κ3) is 5.07. The molecule has 0 amide bonds. The first-order valence-electron chi connectivity index (χ1n) is 2.47. The van der Waals surface area contributed by atoms with Crippen molar-refractivity contribution < 1.29 is 4.79 Å². The second kappa shape index (κ2) is 5.39. The molecule has 1 atom stereocenters. The molecule has 54 valence electrons. The first-order valence-corrected chi connectivity index (χ1v) is 4.67. The summed E-state index contributed by atoms with van der Waals surface area (Å²) < 4.78 is 0. The summed E-state index contributed by atoms with van der Waals surface area (Å²) in [6.45, 7) is 0. The number of alkyl halides is 1. The maximum atomic E-state index is 10.3. The van der Waals surface area contributed by atoms with Crippen molar-refractivity contribution in [3.8, 4) is 0 Å². The number of thioether (sulfide) groups is 1. The van der Waals surface area contributed by atoms with E-state index >= 15 is 0 Å². The largest absolute Gasteiger partial charge is 0.281 e. The van der Waals surface area contributed by atoms with E-state index < -0.39 is 0 Å². The standard InChI is InChI=1S/C5H8Cl2OS/c1-9-4(3-6)2-5(7)8/h4H,2-3H2,1H3. The third-order valence-electron chi connectivity index (χ3n) is 0.894. The zero-order valence-electron chi connectivity index (χ0n) is 5.06. The fourth-order valence-electron chi connectivity index (χ4n) is 0.380. The van der Waals surface area contributed by atoms with Gasteiger partial charge in [-0.25, -0.2) is 0 Å². The lowest BCUT2D eigenvalue weighted by atomic mass is 10.4. The van der Waals surface area contributed by atoms with Gasteiger partial charge in [-0.2, -0.15) is 11.8 Å². The van der Waals surface area contributed by atoms with Crippen LogP contribution in [-0.2, 0) is 4.79 Å². The summed E-state index contributed by atoms with van der Waals surface area (Å²) in [4.78, 5) is 10.3. The molecule has 1 nitrogen and oxygen atoms in total. The molecular weight excluding hydrogens is 179 g/mol. The minimum Gasteiger partial charge on any atom is -0.281 e. The second-order valence-electron chi connectivity index (χ2n) is 1.57. The van der Waals surface area contributed by atoms with Crippen LogP contribution in [0.4, 0.5) is 0 Å². The Kier molecular flexibility index (Phi) is 5.75. The highest BCUT2D eigenvalue weighted by molar-refractivity contribution is 7.99. The molecule has 0 aliphatic carbocycles. The van der Waals surface area contributed by atoms with Gasteiger partial charge in [-0.1, -0.05) is 0 Å². The lowest BCUT2D eigenvalue weighted by molar-refractivity contribution is -0.111. The minimum absolute atomic E-state index is 0.177. The summed E-state index contributed by atoms with van der Waals surface area (Å²) in [5, 5.41) is -0.133. The van der Waals surface area contributed by atoms with E-state index in [0.29, 0.717) is 12.3 Å². The minimum atomic E-state index is -0.310. The van der Waals surface area contributed by atoms with Crippen LogP contribution in [0.15, 0.2) is 0 Å². The summed E-state index contributed by atoms with van der Waals surface area (Å²) >= 11 is 12.2. The van der Waals surface area contributed by atoms with Crippen molar-refractivity contribution in [1.29, 1.82) is 0 Å². The summed E-state index contributed by atoms with van der Waals surface area (Å²) in [6, 6.07) is 0. The zero-order valence-corrected chi connectivity index (χ0v) is 7.39. The van der Waals surface area contributed by atoms with Gasteiger partial charge in [-0.05, 0) is 17.9 Å². The summed E-state index contributed by atoms with van der Waals surface area (Å²) in [5.74, 6) is 0.486. The van der Waals surface area contributed by atoms with Gasteiger partial charge in [0.05, 0.1) is 0 Å². The number of hydrogen-bond acceptors (Lipinski definition) is 2. The Balaban J connectivity index is 3.43. The maximum Gasteiger partial charge on any atom is 0.222 e. The van der Waals surface area contributed by atoms with Gasteiger partial charge in [0.1, 0.15) is 0 Å². The predicted molar refractivity (Wildman–Crippen MR) is 43.5 cm³/mol. The molecule has 0 aliphatic heterocycles. The molecule has 0 aromatic carbocycles. The molecule has 0 fully saturated rings. The molecule has 0 saturated carbocycles. The fraction of sp³-hybridized carbons (Fsp3) is 0.800. The lowest BCUT2D eigenvalue weighted by Gasteiger charge is -2.04. The van der Waals surface area contributed by atoms with Crippen molar-refractivity contribution in [2.24, 2.45) is 0 Å². The first-order chi connectivity index (χ1) is 4.20. The predicted octanol–water partition coefficient (Wildman–Crippen LogP) is 2.11. The summed E-state index contributed by atoms with van der Waals surface area (Å²) in [5.41, 5.74) is 0. The van der Waals surface area contributed by atoms with E-state index in [2.05, 4.69) is 0 Å². The Morgan fingerprint density at radius 1 is 1.78 bits per heavy atom. The van der Waals surface area contributed by atoms with Crippen LogP contribution in [-0.4, -0.2) is 22.6 Å². The highest BCUT2D eigenvalue weighted by Gasteiger charge is 2.08. The summed E-state index contributed by atoms with van der Waals surface area (Å²) in [6.07, 6.45) is 2.28. The van der Waals surface area contributed by atoms with E-state index in [9.17, 15) is 4.79 Å². The number of halogens is 2. The normalized spacial score (nSPS) is 13.2. The van der Waals surface area contributed by atoms with E-state index in [1.54, 1.807) is 11.8 Å². The molecule has 0 radical (unpaired) electrons. The molecule has 1 unspecified atom stereocenters. The van der Waals surface area contributed by atoms with E-state index in [1.807, 2.05) is 6.26 Å². The molecule has 0 heterocycles. The van der Waals surface area contributed by atoms with E-state index in [0.717, 1.165) is 0 Å². The fourth-order valence-corrected chi connectivity index (χ4v) is 1.59. The topological polar surface area (TPSA) is 17.1 Å². The van der Waals surface area contributed by atoms with Gasteiger partial charge in [0.2, 0.25) is 5.24 Å². The highest BCUT2D eigenvalue weighted by atomic mass is 35.5. The van der Waals surface area contributed by atoms with Crippen molar-refractivity contribution in [2.45, 2.75) is 11.7 Å². The molecule has 0 saturated heterocycles. The van der Waals surface area contributed by atoms with Gasteiger partial charge in [-0.3, -0.25) is 4.79 Å². The SMILES string of the molecule is CSC(CCl)CC(=O)Cl. The molecule has 9 heavy (non-hydrogen) atoms. The van der Waals surface area contributed by atoms with Crippen LogP contribution in [0.5, 0.6) is 0 Å². The molecule has 0 rings (SSSR count). The molecule has 0 aliphatic rings. The van der Waals surface area contributed by atoms with Gasteiger partial charge >= 0.3 is 0 Å². The molecule has 0 N–H and O–H groups in total. The van der Waals surface area contributed by atoms with Crippen LogP contribution in [0.3, 0.4) is 0 Å². The summed E-state index contributed by atoms with van der Waals surface area (Å²) in [7, 11) is 0. The number of carbonyl (C=O) groups excluding carboxylic acids is 1. The molecule has 0 aromatic heterocycles. The van der Waals surface area contributed by atoms with Crippen LogP contribution in [0.1, 0.15) is 6.42 Å². The number of carbonyl (C=O) groups is 1. The van der Waals surface area contributed by atoms with Crippen molar-refractivity contribution in [2.75, 3.05) is 12.1 Å². The van der Waals surface area contributed by atoms with Crippen LogP contribution in [0, 0.1) is 0 Å². The molecule has 0 spiro atoms. The highest BCUT2D eigenvalue weighted by Crippen LogP contribution is 2.13. The van der Waals surface area contributed by atoms with Crippen LogP contribution in [0.25, 0.3) is 0 Å². The maximum absolute atomic E-state index is 10.3. The van der Waals surface area contributed by atoms with Gasteiger partial charge in [0, 0.05) is 17.6 Å². The Bertz CT molecular complexity index is 93.0. The van der Waals surface area contributed by atoms with Crippen molar-refractivity contribution >= 4 is 40.2 Å². The Morgan fingerprint density at radius 3 is 2.44 bits per heavy atom. The molecule has 4 heteroatoms. The van der Waals surface area contributed by atoms with Gasteiger partial charge in [-0.15, -0.1) is 11.6 Å². The number of rotatable bonds is 4. The monoisotopic (exact) mass is 186 g/mol. The first kappa shape index (κ1) is 9.60. The van der Waals surface area contributed by atoms with Crippen LogP contribution >= 0.6 is 35.0 Å². The molecule has 0 bridgehead atoms. The molecular formula is C5H8Cl2OS. The quantitative estimate of drug-likeness (QED) is 0.495. The zero-order chi connectivity index (χ0) is 7.28. The van der Waals surface area contributed by atoms with Gasteiger partial charge < -0.3 is 0 Å². The van der Waals surface area contributed by atoms with Crippen molar-refractivity contribution in [3.63, 3.8) is 0 Å². The third-order valence-corrected chi connectivity index (χ3v) is 2.60. The van der Waals surface area contributed by atoms with Crippen LogP contribution < -0.4 is 0 Å². The van der Waals surface area contributed by atoms with Crippen molar-refractivity contribution in [1.82, 2.24) is 0 Å². The number of hydrogen-bond donors (Lipinski definition) is 0. The van der Waals surface area contributed by atoms with E-state index in [1.165, 1.54) is 0 Å². The Hall–Kier alpha value is 0.600. The lowest BCUT2D eigenvalue weighted by Crippen LogP contribution is -2.07. The van der Waals surface area contributed by atoms with Crippen LogP contribution in [0.2, 0.25) is 0 Å². The second-order valence-corrected chi connectivity index (χ2v) is 3.44. The molecule has 0 aromatic rings. The van der Waals surface area contributed by atoms with Crippen molar-refractivity contribution in [3.05, 3.63) is 0 Å². The van der Waals surface area contributed by atoms with E-state index in [-0.39, 0.29) is 10.5 Å². The average Bonchev–Trinajstić information content (AvgIpc) is 1.82. The Morgan fingerprint density at radius 2 is 2.33 bits per heavy atom. The van der Waals surface area contributed by atoms with Gasteiger partial charge in [0.15, 0.2) is 0 Å². The smallest absolute Gasteiger partial charge is 0.222 e. The Labute approximate surface area is 69.1 Å². The average molecular weight is 187 g/mol. The van der Waals surface area contributed by atoms with E-state index in [4.69, 9.17) is 23.2 Å². The van der Waals surface area contributed by atoms with Gasteiger partial charge in [0.25, 0.3) is 0 Å².